The summed E-state index contributed by atoms with van der Waals surface area (Å²) in [4.78, 5) is 8.11. The van der Waals surface area contributed by atoms with Gasteiger partial charge in [-0.1, -0.05) is 30.3 Å². The Kier molecular flexibility index (Phi) is 5.10. The average Bonchev–Trinajstić information content (AvgIpc) is 2.48. The molecule has 0 aliphatic heterocycles. The summed E-state index contributed by atoms with van der Waals surface area (Å²) in [5.74, 6) is 0.335. The lowest BCUT2D eigenvalue weighted by atomic mass is 10.2. The average molecular weight is 275 g/mol. The second-order valence-electron chi connectivity index (χ2n) is 3.83. The zero-order valence-electron chi connectivity index (χ0n) is 11.0. The Balaban J connectivity index is 2.09. The Hall–Kier alpha value is -2.38. The molecule has 0 atom stereocenters. The minimum Gasteiger partial charge on any atom is -0.460 e. The summed E-state index contributed by atoms with van der Waals surface area (Å²) in [5.41, 5.74) is 12.4. The minimum atomic E-state index is -0.00114. The molecule has 2 rings (SSSR count). The highest BCUT2D eigenvalue weighted by Crippen LogP contribution is 2.23. The Labute approximate surface area is 116 Å². The van der Waals surface area contributed by atoms with Crippen LogP contribution < -0.4 is 26.3 Å². The Morgan fingerprint density at radius 3 is 2.50 bits per heavy atom. The van der Waals surface area contributed by atoms with Crippen LogP contribution in [0.4, 0.5) is 5.69 Å². The predicted molar refractivity (Wildman–Crippen MR) is 75.2 cm³/mol. The van der Waals surface area contributed by atoms with E-state index in [1.54, 1.807) is 6.20 Å². The first kappa shape index (κ1) is 14.0. The number of nitrogens with one attached hydrogen (secondary N) is 1. The van der Waals surface area contributed by atoms with E-state index in [1.807, 2.05) is 30.3 Å². The normalized spacial score (nSPS) is 10.1. The summed E-state index contributed by atoms with van der Waals surface area (Å²) in [5, 5.41) is 3.19. The van der Waals surface area contributed by atoms with Gasteiger partial charge >= 0.3 is 6.01 Å². The number of rotatable bonds is 7. The highest BCUT2D eigenvalue weighted by Gasteiger charge is 2.09. The summed E-state index contributed by atoms with van der Waals surface area (Å²) < 4.78 is 10.3. The van der Waals surface area contributed by atoms with Gasteiger partial charge in [-0.3, -0.25) is 11.5 Å². The predicted octanol–water partition coefficient (Wildman–Crippen LogP) is 0.679. The van der Waals surface area contributed by atoms with E-state index < -0.39 is 0 Å². The van der Waals surface area contributed by atoms with Crippen LogP contribution in [0.2, 0.25) is 0 Å². The van der Waals surface area contributed by atoms with Crippen molar-refractivity contribution in [3.63, 3.8) is 0 Å². The van der Waals surface area contributed by atoms with E-state index >= 15 is 0 Å². The van der Waals surface area contributed by atoms with E-state index in [-0.39, 0.29) is 19.5 Å². The maximum absolute atomic E-state index is 5.38. The maximum Gasteiger partial charge on any atom is 0.321 e. The second kappa shape index (κ2) is 7.27. The third kappa shape index (κ3) is 3.81. The van der Waals surface area contributed by atoms with E-state index in [1.165, 1.54) is 0 Å². The van der Waals surface area contributed by atoms with Crippen molar-refractivity contribution >= 4 is 5.69 Å². The SMILES string of the molecule is NCOc1ncc(NCc2ccccc2)c(OCN)n1. The van der Waals surface area contributed by atoms with Gasteiger partial charge in [0.25, 0.3) is 0 Å². The van der Waals surface area contributed by atoms with Crippen LogP contribution in [0.3, 0.4) is 0 Å². The smallest absolute Gasteiger partial charge is 0.321 e. The van der Waals surface area contributed by atoms with Gasteiger partial charge < -0.3 is 14.8 Å². The lowest BCUT2D eigenvalue weighted by Gasteiger charge is -2.12. The van der Waals surface area contributed by atoms with Gasteiger partial charge in [0.05, 0.1) is 6.20 Å². The molecule has 1 heterocycles. The highest BCUT2D eigenvalue weighted by atomic mass is 16.5. The molecular weight excluding hydrogens is 258 g/mol. The zero-order valence-corrected chi connectivity index (χ0v) is 11.0. The molecule has 0 amide bonds. The van der Waals surface area contributed by atoms with E-state index in [9.17, 15) is 0 Å². The van der Waals surface area contributed by atoms with E-state index in [0.29, 0.717) is 18.1 Å². The number of ether oxygens (including phenoxy) is 2. The van der Waals surface area contributed by atoms with Gasteiger partial charge in [0.15, 0.2) is 0 Å². The Morgan fingerprint density at radius 1 is 1.05 bits per heavy atom. The van der Waals surface area contributed by atoms with Crippen LogP contribution in [0, 0.1) is 0 Å². The van der Waals surface area contributed by atoms with Gasteiger partial charge in [-0.05, 0) is 5.56 Å². The standard InChI is InChI=1S/C13H17N5O2/c14-8-19-12-11(7-17-13(18-12)20-9-15)16-6-10-4-2-1-3-5-10/h1-5,7,16H,6,8-9,14-15H2. The van der Waals surface area contributed by atoms with E-state index in [0.717, 1.165) is 5.56 Å². The van der Waals surface area contributed by atoms with Gasteiger partial charge in [0.1, 0.15) is 19.1 Å². The molecule has 106 valence electrons. The summed E-state index contributed by atoms with van der Waals surface area (Å²) in [7, 11) is 0. The third-order valence-electron chi connectivity index (χ3n) is 2.49. The summed E-state index contributed by atoms with van der Waals surface area (Å²) >= 11 is 0. The highest BCUT2D eigenvalue weighted by molar-refractivity contribution is 5.51. The monoisotopic (exact) mass is 275 g/mol. The van der Waals surface area contributed by atoms with E-state index in [4.69, 9.17) is 20.9 Å². The molecule has 0 aliphatic carbocycles. The van der Waals surface area contributed by atoms with Crippen molar-refractivity contribution in [1.82, 2.24) is 9.97 Å². The largest absolute Gasteiger partial charge is 0.460 e. The van der Waals surface area contributed by atoms with Crippen LogP contribution in [0.1, 0.15) is 5.56 Å². The first-order valence-corrected chi connectivity index (χ1v) is 6.14. The molecule has 1 aromatic heterocycles. The first-order chi connectivity index (χ1) is 9.83. The molecule has 2 aromatic rings. The summed E-state index contributed by atoms with van der Waals surface area (Å²) in [6.45, 7) is 0.639. The molecule has 1 aromatic carbocycles. The molecule has 0 aliphatic rings. The lowest BCUT2D eigenvalue weighted by molar-refractivity contribution is 0.281. The molecule has 0 spiro atoms. The molecule has 20 heavy (non-hydrogen) atoms. The van der Waals surface area contributed by atoms with Crippen molar-refractivity contribution < 1.29 is 9.47 Å². The van der Waals surface area contributed by atoms with Crippen LogP contribution in [-0.4, -0.2) is 23.4 Å². The minimum absolute atomic E-state index is 0.00114. The van der Waals surface area contributed by atoms with Gasteiger partial charge in [-0.25, -0.2) is 4.98 Å². The maximum atomic E-state index is 5.38. The fourth-order valence-electron chi connectivity index (χ4n) is 1.60. The van der Waals surface area contributed by atoms with Crippen LogP contribution in [0.5, 0.6) is 11.9 Å². The topological polar surface area (TPSA) is 108 Å². The summed E-state index contributed by atoms with van der Waals surface area (Å²) in [6, 6.07) is 10.1. The lowest BCUT2D eigenvalue weighted by Crippen LogP contribution is -2.14. The third-order valence-corrected chi connectivity index (χ3v) is 2.49. The molecule has 7 heteroatoms. The van der Waals surface area contributed by atoms with E-state index in [2.05, 4.69) is 15.3 Å². The number of benzene rings is 1. The van der Waals surface area contributed by atoms with Crippen LogP contribution >= 0.6 is 0 Å². The van der Waals surface area contributed by atoms with Crippen LogP contribution in [-0.2, 0) is 6.54 Å². The van der Waals surface area contributed by atoms with Crippen molar-refractivity contribution in [2.45, 2.75) is 6.54 Å². The number of aromatic nitrogens is 2. The fourth-order valence-corrected chi connectivity index (χ4v) is 1.60. The molecule has 0 radical (unpaired) electrons. The number of hydrogen-bond donors (Lipinski definition) is 3. The first-order valence-electron chi connectivity index (χ1n) is 6.14. The molecule has 7 nitrogen and oxygen atoms in total. The zero-order chi connectivity index (χ0) is 14.2. The number of anilines is 1. The number of nitrogens with zero attached hydrogens (tertiary/aromatic N) is 2. The van der Waals surface area contributed by atoms with Crippen molar-refractivity contribution in [2.24, 2.45) is 11.5 Å². The fraction of sp³-hybridized carbons (Fsp3) is 0.231. The molecule has 5 N–H and O–H groups in total. The van der Waals surface area contributed by atoms with Gasteiger partial charge in [0, 0.05) is 6.54 Å². The molecule has 0 fully saturated rings. The number of hydrogen-bond acceptors (Lipinski definition) is 7. The molecule has 0 saturated carbocycles. The molecule has 0 unspecified atom stereocenters. The number of nitrogens with two attached hydrogens (primary N) is 2. The van der Waals surface area contributed by atoms with Crippen LogP contribution in [0.25, 0.3) is 0 Å². The van der Waals surface area contributed by atoms with Crippen molar-refractivity contribution in [3.05, 3.63) is 42.1 Å². The second-order valence-corrected chi connectivity index (χ2v) is 3.83. The van der Waals surface area contributed by atoms with Gasteiger partial charge in [0.2, 0.25) is 5.88 Å². The molecular formula is C13H17N5O2. The molecule has 0 bridgehead atoms. The van der Waals surface area contributed by atoms with Crippen molar-refractivity contribution in [3.8, 4) is 11.9 Å². The Morgan fingerprint density at radius 2 is 1.80 bits per heavy atom. The molecule has 0 saturated heterocycles. The van der Waals surface area contributed by atoms with Gasteiger partial charge in [-0.2, -0.15) is 4.98 Å². The van der Waals surface area contributed by atoms with Crippen molar-refractivity contribution in [1.29, 1.82) is 0 Å². The summed E-state index contributed by atoms with van der Waals surface area (Å²) in [6.07, 6.45) is 1.58. The van der Waals surface area contributed by atoms with Gasteiger partial charge in [-0.15, -0.1) is 0 Å². The quantitative estimate of drug-likeness (QED) is 0.637. The van der Waals surface area contributed by atoms with Crippen LogP contribution in [0.15, 0.2) is 36.5 Å². The Bertz CT molecular complexity index is 536. The van der Waals surface area contributed by atoms with Crippen molar-refractivity contribution in [2.75, 3.05) is 18.8 Å².